The van der Waals surface area contributed by atoms with E-state index in [4.69, 9.17) is 0 Å². The largest absolute Gasteiger partial charge is 0.651 e. The number of hydrogen-bond donors (Lipinski definition) is 0. The monoisotopic (exact) mass is 247 g/mol. The summed E-state index contributed by atoms with van der Waals surface area (Å²) in [7, 11) is 0. The molecule has 0 aromatic carbocycles. The predicted octanol–water partition coefficient (Wildman–Crippen LogP) is 2.10. The first-order valence-electron chi connectivity index (χ1n) is 6.05. The molecule has 3 rings (SSSR count). The molecule has 2 aromatic heterocycles. The minimum Gasteiger partial charge on any atom is -0.651 e. The van der Waals surface area contributed by atoms with Gasteiger partial charge in [-0.3, -0.25) is 4.98 Å². The molecule has 0 fully saturated rings. The lowest BCUT2D eigenvalue weighted by molar-refractivity contribution is -0.514. The fourth-order valence-electron chi connectivity index (χ4n) is 1.94. The van der Waals surface area contributed by atoms with E-state index in [1.54, 1.807) is 6.20 Å². The second-order valence-electron chi connectivity index (χ2n) is 4.18. The Morgan fingerprint density at radius 3 is 2.79 bits per heavy atom. The summed E-state index contributed by atoms with van der Waals surface area (Å²) in [5, 5.41) is 5.62. The number of pyridine rings is 2. The highest BCUT2D eigenvalue weighted by Gasteiger charge is 1.99. The maximum Gasteiger partial charge on any atom is 0.195 e. The third kappa shape index (κ3) is 2.31. The van der Waals surface area contributed by atoms with Gasteiger partial charge in [0.25, 0.3) is 0 Å². The molecule has 92 valence electrons. The second kappa shape index (κ2) is 4.90. The molecule has 1 aliphatic rings. The van der Waals surface area contributed by atoms with Crippen LogP contribution in [0.3, 0.4) is 0 Å². The van der Waals surface area contributed by atoms with E-state index in [9.17, 15) is 0 Å². The zero-order valence-electron chi connectivity index (χ0n) is 10.4. The molecule has 0 atom stereocenters. The van der Waals surface area contributed by atoms with Crippen molar-refractivity contribution in [2.75, 3.05) is 0 Å². The van der Waals surface area contributed by atoms with Crippen LogP contribution < -0.4 is 9.59 Å². The molecule has 2 aromatic rings. The summed E-state index contributed by atoms with van der Waals surface area (Å²) in [6.45, 7) is 3.96. The molecule has 0 saturated heterocycles. The van der Waals surface area contributed by atoms with Gasteiger partial charge in [0.2, 0.25) is 0 Å². The van der Waals surface area contributed by atoms with Gasteiger partial charge in [-0.25, -0.2) is 0 Å². The molecule has 19 heavy (non-hydrogen) atoms. The van der Waals surface area contributed by atoms with Gasteiger partial charge in [-0.2, -0.15) is 4.24 Å². The van der Waals surface area contributed by atoms with Crippen molar-refractivity contribution in [2.45, 2.75) is 0 Å². The van der Waals surface area contributed by atoms with Crippen molar-refractivity contribution in [3.05, 3.63) is 90.1 Å². The van der Waals surface area contributed by atoms with Crippen LogP contribution >= 0.6 is 0 Å². The Morgan fingerprint density at radius 1 is 1.11 bits per heavy atom. The van der Waals surface area contributed by atoms with Crippen LogP contribution in [0.4, 0.5) is 0 Å². The highest BCUT2D eigenvalue weighted by Crippen LogP contribution is 2.27. The van der Waals surface area contributed by atoms with Crippen molar-refractivity contribution in [3.63, 3.8) is 0 Å². The highest BCUT2D eigenvalue weighted by atomic mass is 14.9. The number of allylic oxidation sites excluding steroid dienone is 2. The molecule has 1 aliphatic heterocycles. The van der Waals surface area contributed by atoms with Crippen molar-refractivity contribution in [1.82, 2.24) is 4.98 Å². The Labute approximate surface area is 111 Å². The van der Waals surface area contributed by atoms with Crippen LogP contribution in [-0.2, 0) is 0 Å². The molecule has 0 amide bonds. The Bertz CT molecular complexity index is 758. The average Bonchev–Trinajstić information content (AvgIpc) is 2.49. The summed E-state index contributed by atoms with van der Waals surface area (Å²) in [6, 6.07) is 11.7. The van der Waals surface area contributed by atoms with Gasteiger partial charge in [0.1, 0.15) is 6.72 Å². The third-order valence-corrected chi connectivity index (χ3v) is 2.88. The topological polar surface area (TPSA) is 32.9 Å². The molecule has 0 spiro atoms. The Kier molecular flexibility index (Phi) is 2.94. The first-order chi connectivity index (χ1) is 9.34. The molecule has 0 N–H and O–H groups in total. The summed E-state index contributed by atoms with van der Waals surface area (Å²) in [6.07, 6.45) is 9.60. The fourth-order valence-corrected chi connectivity index (χ4v) is 1.94. The standard InChI is InChI=1S/C16H13N3/c1-19-12-5-3-10-16(19)15-9-6-8-14(18-15)13-7-2-4-11-17-13/h2-12H,1H2. The van der Waals surface area contributed by atoms with Crippen LogP contribution in [0.5, 0.6) is 0 Å². The summed E-state index contributed by atoms with van der Waals surface area (Å²) < 4.78 is 1.81. The smallest absolute Gasteiger partial charge is 0.195 e. The molecular formula is C16H13N3. The van der Waals surface area contributed by atoms with Gasteiger partial charge in [0.15, 0.2) is 11.5 Å². The molecule has 0 saturated carbocycles. The SMILES string of the molecule is C=[n+]1ccccc1=C1C=CC=C(c2ccccn2)[N-]1. The number of nitrogens with zero attached hydrogens (tertiary/aromatic N) is 3. The van der Waals surface area contributed by atoms with E-state index < -0.39 is 0 Å². The van der Waals surface area contributed by atoms with Crippen LogP contribution in [0.2, 0.25) is 0 Å². The third-order valence-electron chi connectivity index (χ3n) is 2.88. The first kappa shape index (κ1) is 11.4. The molecule has 0 unspecified atom stereocenters. The highest BCUT2D eigenvalue weighted by molar-refractivity contribution is 5.89. The van der Waals surface area contributed by atoms with Gasteiger partial charge < -0.3 is 5.32 Å². The maximum atomic E-state index is 4.65. The fraction of sp³-hybridized carbons (Fsp3) is 0. The predicted molar refractivity (Wildman–Crippen MR) is 75.1 cm³/mol. The number of aromatic nitrogens is 2. The van der Waals surface area contributed by atoms with Crippen molar-refractivity contribution < 1.29 is 4.24 Å². The maximum absolute atomic E-state index is 4.65. The molecule has 3 nitrogen and oxygen atoms in total. The van der Waals surface area contributed by atoms with Crippen LogP contribution in [-0.4, -0.2) is 4.98 Å². The van der Waals surface area contributed by atoms with Crippen LogP contribution in [0, 0.1) is 6.72 Å². The van der Waals surface area contributed by atoms with Gasteiger partial charge in [0, 0.05) is 24.0 Å². The molecule has 0 aliphatic carbocycles. The number of rotatable bonds is 1. The molecule has 0 radical (unpaired) electrons. The van der Waals surface area contributed by atoms with E-state index in [1.807, 2.05) is 65.1 Å². The van der Waals surface area contributed by atoms with Crippen LogP contribution in [0.25, 0.3) is 16.7 Å². The quantitative estimate of drug-likeness (QED) is 0.710. The Morgan fingerprint density at radius 2 is 2.00 bits per heavy atom. The van der Waals surface area contributed by atoms with E-state index >= 15 is 0 Å². The van der Waals surface area contributed by atoms with E-state index in [-0.39, 0.29) is 0 Å². The van der Waals surface area contributed by atoms with Crippen molar-refractivity contribution in [2.24, 2.45) is 0 Å². The average molecular weight is 247 g/mol. The lowest BCUT2D eigenvalue weighted by atomic mass is 10.2. The van der Waals surface area contributed by atoms with E-state index in [1.165, 1.54) is 0 Å². The van der Waals surface area contributed by atoms with E-state index in [0.717, 1.165) is 22.4 Å². The van der Waals surface area contributed by atoms with Crippen molar-refractivity contribution >= 4 is 11.4 Å². The minimum atomic E-state index is 0.863. The van der Waals surface area contributed by atoms with Gasteiger partial charge in [0.05, 0.1) is 0 Å². The Hall–Kier alpha value is -2.68. The Balaban J connectivity index is 2.07. The van der Waals surface area contributed by atoms with E-state index in [0.29, 0.717) is 0 Å². The summed E-state index contributed by atoms with van der Waals surface area (Å²) in [4.78, 5) is 4.32. The second-order valence-corrected chi connectivity index (χ2v) is 4.18. The summed E-state index contributed by atoms with van der Waals surface area (Å²) >= 11 is 0. The van der Waals surface area contributed by atoms with Gasteiger partial charge in [-0.1, -0.05) is 30.0 Å². The zero-order valence-corrected chi connectivity index (χ0v) is 10.4. The lowest BCUT2D eigenvalue weighted by Gasteiger charge is -2.27. The number of hydrogen-bond acceptors (Lipinski definition) is 1. The van der Waals surface area contributed by atoms with Crippen LogP contribution in [0.1, 0.15) is 5.69 Å². The summed E-state index contributed by atoms with van der Waals surface area (Å²) in [5.41, 5.74) is 2.62. The zero-order chi connectivity index (χ0) is 13.1. The normalized spacial score (nSPS) is 16.7. The van der Waals surface area contributed by atoms with E-state index in [2.05, 4.69) is 17.0 Å². The van der Waals surface area contributed by atoms with Gasteiger partial charge in [-0.05, 0) is 18.2 Å². The van der Waals surface area contributed by atoms with Crippen molar-refractivity contribution in [1.29, 1.82) is 0 Å². The molecule has 0 bridgehead atoms. The van der Waals surface area contributed by atoms with Crippen molar-refractivity contribution in [3.8, 4) is 0 Å². The van der Waals surface area contributed by atoms with Gasteiger partial charge in [-0.15, -0.1) is 5.70 Å². The summed E-state index contributed by atoms with van der Waals surface area (Å²) in [5.74, 6) is 0. The lowest BCUT2D eigenvalue weighted by Crippen LogP contribution is -2.36. The minimum absolute atomic E-state index is 0.863. The molecule has 3 heteroatoms. The first-order valence-corrected chi connectivity index (χ1v) is 6.05. The van der Waals surface area contributed by atoms with Crippen LogP contribution in [0.15, 0.2) is 67.0 Å². The van der Waals surface area contributed by atoms with Gasteiger partial charge >= 0.3 is 0 Å². The molecule has 3 heterocycles. The molecular weight excluding hydrogens is 234 g/mol.